The third-order valence-corrected chi connectivity index (χ3v) is 4.50. The van der Waals surface area contributed by atoms with E-state index >= 15 is 0 Å². The third kappa shape index (κ3) is 3.55. The zero-order chi connectivity index (χ0) is 16.2. The SMILES string of the molecule is COc1cccc(C=C2SC(=S)N(Nc3ccccc3)C2=O)c1. The summed E-state index contributed by atoms with van der Waals surface area (Å²) in [7, 11) is 1.61. The lowest BCUT2D eigenvalue weighted by atomic mass is 10.2. The maximum absolute atomic E-state index is 12.5. The quantitative estimate of drug-likeness (QED) is 0.674. The Morgan fingerprint density at radius 3 is 2.70 bits per heavy atom. The molecule has 1 N–H and O–H groups in total. The lowest BCUT2D eigenvalue weighted by Gasteiger charge is -2.16. The second-order valence-electron chi connectivity index (χ2n) is 4.77. The van der Waals surface area contributed by atoms with E-state index in [1.165, 1.54) is 16.8 Å². The highest BCUT2D eigenvalue weighted by atomic mass is 32.2. The number of carbonyl (C=O) groups excluding carboxylic acids is 1. The van der Waals surface area contributed by atoms with Crippen LogP contribution >= 0.6 is 24.0 Å². The van der Waals surface area contributed by atoms with Gasteiger partial charge in [-0.2, -0.15) is 0 Å². The Morgan fingerprint density at radius 1 is 1.17 bits per heavy atom. The highest BCUT2D eigenvalue weighted by Crippen LogP contribution is 2.33. The second-order valence-corrected chi connectivity index (χ2v) is 6.45. The third-order valence-electron chi connectivity index (χ3n) is 3.20. The van der Waals surface area contributed by atoms with Crippen molar-refractivity contribution in [2.24, 2.45) is 0 Å². The number of anilines is 1. The molecule has 0 aromatic heterocycles. The van der Waals surface area contributed by atoms with Crippen molar-refractivity contribution in [3.8, 4) is 5.75 Å². The minimum atomic E-state index is -0.160. The normalized spacial score (nSPS) is 16.0. The van der Waals surface area contributed by atoms with Crippen molar-refractivity contribution in [2.45, 2.75) is 0 Å². The Hall–Kier alpha value is -2.31. The predicted octanol–water partition coefficient (Wildman–Crippen LogP) is 3.92. The van der Waals surface area contributed by atoms with Gasteiger partial charge < -0.3 is 4.74 Å². The van der Waals surface area contributed by atoms with Crippen molar-refractivity contribution in [3.05, 3.63) is 65.1 Å². The number of para-hydroxylation sites is 1. The number of ether oxygens (including phenoxy) is 1. The van der Waals surface area contributed by atoms with Gasteiger partial charge in [-0.15, -0.1) is 0 Å². The Morgan fingerprint density at radius 2 is 1.96 bits per heavy atom. The van der Waals surface area contributed by atoms with Gasteiger partial charge in [0.2, 0.25) is 0 Å². The van der Waals surface area contributed by atoms with E-state index in [0.29, 0.717) is 9.23 Å². The van der Waals surface area contributed by atoms with Gasteiger partial charge in [-0.3, -0.25) is 10.2 Å². The summed E-state index contributed by atoms with van der Waals surface area (Å²) in [5.41, 5.74) is 4.74. The van der Waals surface area contributed by atoms with Crippen LogP contribution in [-0.4, -0.2) is 22.3 Å². The van der Waals surface area contributed by atoms with Gasteiger partial charge in [0.15, 0.2) is 4.32 Å². The molecule has 0 bridgehead atoms. The van der Waals surface area contributed by atoms with Crippen LogP contribution in [0.1, 0.15) is 5.56 Å². The summed E-state index contributed by atoms with van der Waals surface area (Å²) in [5, 5.41) is 1.39. The summed E-state index contributed by atoms with van der Waals surface area (Å²) in [6, 6.07) is 17.0. The number of hydrogen-bond acceptors (Lipinski definition) is 5. The van der Waals surface area contributed by atoms with E-state index < -0.39 is 0 Å². The van der Waals surface area contributed by atoms with Crippen LogP contribution in [0, 0.1) is 0 Å². The number of nitrogens with one attached hydrogen (secondary N) is 1. The summed E-state index contributed by atoms with van der Waals surface area (Å²) in [4.78, 5) is 13.1. The first kappa shape index (κ1) is 15.6. The van der Waals surface area contributed by atoms with Crippen LogP contribution < -0.4 is 10.2 Å². The van der Waals surface area contributed by atoms with E-state index in [1.807, 2.05) is 60.7 Å². The average molecular weight is 342 g/mol. The van der Waals surface area contributed by atoms with Gasteiger partial charge in [-0.05, 0) is 48.1 Å². The second kappa shape index (κ2) is 6.85. The van der Waals surface area contributed by atoms with Crippen LogP contribution in [0.3, 0.4) is 0 Å². The molecular weight excluding hydrogens is 328 g/mol. The molecule has 0 spiro atoms. The molecule has 0 unspecified atom stereocenters. The Bertz CT molecular complexity index is 775. The zero-order valence-electron chi connectivity index (χ0n) is 12.4. The Balaban J connectivity index is 1.81. The number of carbonyl (C=O) groups is 1. The summed E-state index contributed by atoms with van der Waals surface area (Å²) < 4.78 is 5.68. The maximum Gasteiger partial charge on any atom is 0.285 e. The molecule has 1 heterocycles. The van der Waals surface area contributed by atoms with Gasteiger partial charge in [-0.1, -0.05) is 42.1 Å². The average Bonchev–Trinajstić information content (AvgIpc) is 2.83. The number of rotatable bonds is 4. The predicted molar refractivity (Wildman–Crippen MR) is 98.1 cm³/mol. The van der Waals surface area contributed by atoms with E-state index in [9.17, 15) is 4.79 Å². The molecule has 0 atom stereocenters. The lowest BCUT2D eigenvalue weighted by molar-refractivity contribution is -0.121. The lowest BCUT2D eigenvalue weighted by Crippen LogP contribution is -2.33. The van der Waals surface area contributed by atoms with Crippen molar-refractivity contribution < 1.29 is 9.53 Å². The molecule has 1 aliphatic heterocycles. The van der Waals surface area contributed by atoms with Crippen LogP contribution in [0.2, 0.25) is 0 Å². The maximum atomic E-state index is 12.5. The Labute approximate surface area is 144 Å². The molecule has 1 amide bonds. The van der Waals surface area contributed by atoms with E-state index in [2.05, 4.69) is 5.43 Å². The smallest absolute Gasteiger partial charge is 0.285 e. The van der Waals surface area contributed by atoms with Crippen LogP contribution in [0.15, 0.2) is 59.5 Å². The highest BCUT2D eigenvalue weighted by Gasteiger charge is 2.32. The van der Waals surface area contributed by atoms with Crippen molar-refractivity contribution in [1.29, 1.82) is 0 Å². The largest absolute Gasteiger partial charge is 0.497 e. The molecule has 1 aliphatic rings. The number of nitrogens with zero attached hydrogens (tertiary/aromatic N) is 1. The number of hydrogen-bond donors (Lipinski definition) is 1. The van der Waals surface area contributed by atoms with Gasteiger partial charge in [0, 0.05) is 0 Å². The molecule has 0 radical (unpaired) electrons. The summed E-state index contributed by atoms with van der Waals surface area (Å²) in [5.74, 6) is 0.586. The molecule has 116 valence electrons. The van der Waals surface area contributed by atoms with Crippen LogP contribution in [-0.2, 0) is 4.79 Å². The topological polar surface area (TPSA) is 41.6 Å². The number of hydrazine groups is 1. The summed E-state index contributed by atoms with van der Waals surface area (Å²) in [6.45, 7) is 0. The fourth-order valence-corrected chi connectivity index (χ4v) is 3.27. The fourth-order valence-electron chi connectivity index (χ4n) is 2.09. The fraction of sp³-hybridized carbons (Fsp3) is 0.0588. The van der Waals surface area contributed by atoms with Crippen LogP contribution in [0.5, 0.6) is 5.75 Å². The molecule has 23 heavy (non-hydrogen) atoms. The highest BCUT2D eigenvalue weighted by molar-refractivity contribution is 8.26. The standard InChI is InChI=1S/C17H14N2O2S2/c1-21-14-9-5-6-12(10-14)11-15-16(20)19(17(22)23-15)18-13-7-3-2-4-8-13/h2-11,18H,1H3. The molecular formula is C17H14N2O2S2. The van der Waals surface area contributed by atoms with E-state index in [4.69, 9.17) is 17.0 Å². The minimum Gasteiger partial charge on any atom is -0.497 e. The molecule has 2 aromatic rings. The van der Waals surface area contributed by atoms with Gasteiger partial charge >= 0.3 is 0 Å². The van der Waals surface area contributed by atoms with Crippen molar-refractivity contribution in [1.82, 2.24) is 5.01 Å². The van der Waals surface area contributed by atoms with E-state index in [0.717, 1.165) is 17.0 Å². The number of benzene rings is 2. The summed E-state index contributed by atoms with van der Waals surface area (Å²) >= 11 is 6.57. The molecule has 0 saturated carbocycles. The molecule has 0 aliphatic carbocycles. The number of thiocarbonyl (C=S) groups is 1. The minimum absolute atomic E-state index is 0.160. The van der Waals surface area contributed by atoms with Gasteiger partial charge in [0.25, 0.3) is 5.91 Å². The van der Waals surface area contributed by atoms with Crippen molar-refractivity contribution >= 4 is 46.0 Å². The van der Waals surface area contributed by atoms with Crippen molar-refractivity contribution in [3.63, 3.8) is 0 Å². The first-order chi connectivity index (χ1) is 11.2. The summed E-state index contributed by atoms with van der Waals surface area (Å²) in [6.07, 6.45) is 1.81. The first-order valence-corrected chi connectivity index (χ1v) is 8.13. The molecule has 1 saturated heterocycles. The number of thioether (sulfide) groups is 1. The van der Waals surface area contributed by atoms with E-state index in [1.54, 1.807) is 7.11 Å². The van der Waals surface area contributed by atoms with Gasteiger partial charge in [0.1, 0.15) is 5.75 Å². The zero-order valence-corrected chi connectivity index (χ0v) is 14.0. The molecule has 3 rings (SSSR count). The van der Waals surface area contributed by atoms with Gasteiger partial charge in [0.05, 0.1) is 17.7 Å². The van der Waals surface area contributed by atoms with E-state index in [-0.39, 0.29) is 5.91 Å². The molecule has 6 heteroatoms. The number of methoxy groups -OCH3 is 1. The molecule has 4 nitrogen and oxygen atoms in total. The van der Waals surface area contributed by atoms with Gasteiger partial charge in [-0.25, -0.2) is 5.01 Å². The Kier molecular flexibility index (Phi) is 4.64. The van der Waals surface area contributed by atoms with Crippen molar-refractivity contribution in [2.75, 3.05) is 12.5 Å². The van der Waals surface area contributed by atoms with Crippen LogP contribution in [0.4, 0.5) is 5.69 Å². The van der Waals surface area contributed by atoms with Crippen LogP contribution in [0.25, 0.3) is 6.08 Å². The monoisotopic (exact) mass is 342 g/mol. The number of amides is 1. The molecule has 2 aromatic carbocycles. The molecule has 1 fully saturated rings. The first-order valence-electron chi connectivity index (χ1n) is 6.91.